The number of carbonyl (C=O) groups is 2. The minimum Gasteiger partial charge on any atom is -0.489 e. The summed E-state index contributed by atoms with van der Waals surface area (Å²) in [5.74, 6) is -0.740. The lowest BCUT2D eigenvalue weighted by molar-refractivity contribution is -0.140. The van der Waals surface area contributed by atoms with Crippen LogP contribution in [0.5, 0.6) is 5.75 Å². The normalized spacial score (nSPS) is 14.1. The highest BCUT2D eigenvalue weighted by atomic mass is 32.2. The van der Waals surface area contributed by atoms with E-state index in [4.69, 9.17) is 4.74 Å². The number of nitrogens with zero attached hydrogens (tertiary/aromatic N) is 2. The summed E-state index contributed by atoms with van der Waals surface area (Å²) < 4.78 is 47.0. The van der Waals surface area contributed by atoms with Gasteiger partial charge in [0, 0.05) is 19.0 Å². The Morgan fingerprint density at radius 1 is 0.812 bits per heavy atom. The number of rotatable bonds is 14. The smallest absolute Gasteiger partial charge is 0.244 e. The summed E-state index contributed by atoms with van der Waals surface area (Å²) in [5.41, 5.74) is 2.73. The van der Waals surface area contributed by atoms with Crippen molar-refractivity contribution in [3.63, 3.8) is 0 Å². The van der Waals surface area contributed by atoms with Crippen LogP contribution in [0.1, 0.15) is 48.8 Å². The Morgan fingerprint density at radius 2 is 1.42 bits per heavy atom. The van der Waals surface area contributed by atoms with E-state index in [0.717, 1.165) is 53.8 Å². The van der Waals surface area contributed by atoms with E-state index in [0.29, 0.717) is 17.9 Å². The van der Waals surface area contributed by atoms with Crippen molar-refractivity contribution in [3.05, 3.63) is 132 Å². The molecule has 5 rings (SSSR count). The Balaban J connectivity index is 1.43. The molecule has 0 spiro atoms. The SMILES string of the molecule is CS(=O)(=O)N(CC(=O)N(Cc1ccc(F)cc1)[C@H](Cc1ccccc1)C(=O)NC1CCCCC1)c1ccc(OCc2ccccc2)cc1. The van der Waals surface area contributed by atoms with Crippen molar-refractivity contribution in [1.82, 2.24) is 10.2 Å². The van der Waals surface area contributed by atoms with E-state index in [2.05, 4.69) is 5.32 Å². The predicted molar refractivity (Wildman–Crippen MR) is 185 cm³/mol. The Kier molecular flexibility index (Phi) is 11.8. The van der Waals surface area contributed by atoms with Gasteiger partial charge >= 0.3 is 0 Å². The highest BCUT2D eigenvalue weighted by Crippen LogP contribution is 2.24. The van der Waals surface area contributed by atoms with Crippen LogP contribution in [0, 0.1) is 5.82 Å². The number of benzene rings is 4. The van der Waals surface area contributed by atoms with Crippen LogP contribution in [0.4, 0.5) is 10.1 Å². The summed E-state index contributed by atoms with van der Waals surface area (Å²) in [6.45, 7) is -0.205. The van der Waals surface area contributed by atoms with Crippen LogP contribution in [-0.2, 0) is 39.2 Å². The quantitative estimate of drug-likeness (QED) is 0.171. The predicted octanol–water partition coefficient (Wildman–Crippen LogP) is 6.26. The maximum Gasteiger partial charge on any atom is 0.244 e. The van der Waals surface area contributed by atoms with Gasteiger partial charge in [-0.2, -0.15) is 0 Å². The molecule has 1 fully saturated rings. The monoisotopic (exact) mass is 671 g/mol. The van der Waals surface area contributed by atoms with Crippen molar-refractivity contribution in [2.75, 3.05) is 17.1 Å². The van der Waals surface area contributed by atoms with Crippen LogP contribution in [-0.4, -0.2) is 50.0 Å². The van der Waals surface area contributed by atoms with Gasteiger partial charge in [-0.25, -0.2) is 12.8 Å². The fourth-order valence-electron chi connectivity index (χ4n) is 5.95. The summed E-state index contributed by atoms with van der Waals surface area (Å²) in [4.78, 5) is 29.8. The zero-order valence-corrected chi connectivity index (χ0v) is 27.9. The maximum absolute atomic E-state index is 14.3. The lowest BCUT2D eigenvalue weighted by Gasteiger charge is -2.35. The third kappa shape index (κ3) is 9.90. The van der Waals surface area contributed by atoms with Gasteiger partial charge in [-0.1, -0.05) is 92.1 Å². The number of anilines is 1. The molecule has 0 heterocycles. The molecule has 0 unspecified atom stereocenters. The fraction of sp³-hybridized carbons (Fsp3) is 0.316. The summed E-state index contributed by atoms with van der Waals surface area (Å²) >= 11 is 0. The molecule has 0 bridgehead atoms. The number of hydrogen-bond acceptors (Lipinski definition) is 5. The number of halogens is 1. The maximum atomic E-state index is 14.3. The first-order valence-electron chi connectivity index (χ1n) is 16.3. The Labute approximate surface area is 282 Å². The van der Waals surface area contributed by atoms with Crippen LogP contribution in [0.3, 0.4) is 0 Å². The summed E-state index contributed by atoms with van der Waals surface area (Å²) in [6, 6.07) is 30.4. The third-order valence-electron chi connectivity index (χ3n) is 8.54. The van der Waals surface area contributed by atoms with E-state index in [1.807, 2.05) is 60.7 Å². The van der Waals surface area contributed by atoms with Crippen molar-refractivity contribution in [2.45, 2.75) is 63.8 Å². The first-order valence-corrected chi connectivity index (χ1v) is 18.1. The molecule has 1 aliphatic carbocycles. The first-order chi connectivity index (χ1) is 23.2. The van der Waals surface area contributed by atoms with E-state index in [9.17, 15) is 22.4 Å². The topological polar surface area (TPSA) is 96.0 Å². The number of ether oxygens (including phenoxy) is 1. The average Bonchev–Trinajstić information content (AvgIpc) is 3.09. The Hall–Kier alpha value is -4.70. The summed E-state index contributed by atoms with van der Waals surface area (Å²) in [6.07, 6.45) is 6.15. The zero-order valence-electron chi connectivity index (χ0n) is 27.1. The van der Waals surface area contributed by atoms with E-state index in [1.165, 1.54) is 17.0 Å². The molecule has 4 aromatic carbocycles. The van der Waals surface area contributed by atoms with Gasteiger partial charge in [0.05, 0.1) is 11.9 Å². The molecule has 8 nitrogen and oxygen atoms in total. The van der Waals surface area contributed by atoms with E-state index < -0.39 is 34.3 Å². The lowest BCUT2D eigenvalue weighted by Crippen LogP contribution is -2.55. The third-order valence-corrected chi connectivity index (χ3v) is 9.68. The molecular formula is C38H42FN3O5S. The molecule has 0 saturated heterocycles. The second-order valence-corrected chi connectivity index (χ2v) is 14.1. The van der Waals surface area contributed by atoms with Gasteiger partial charge in [0.15, 0.2) is 0 Å². The minimum atomic E-state index is -3.93. The molecular weight excluding hydrogens is 629 g/mol. The molecule has 1 atom stereocenters. The van der Waals surface area contributed by atoms with Gasteiger partial charge in [-0.05, 0) is 65.9 Å². The molecule has 1 saturated carbocycles. The average molecular weight is 672 g/mol. The lowest BCUT2D eigenvalue weighted by atomic mass is 9.94. The number of sulfonamides is 1. The van der Waals surface area contributed by atoms with Crippen molar-refractivity contribution in [1.29, 1.82) is 0 Å². The number of amides is 2. The molecule has 1 aliphatic rings. The second-order valence-electron chi connectivity index (χ2n) is 12.2. The molecule has 0 aliphatic heterocycles. The fourth-order valence-corrected chi connectivity index (χ4v) is 6.80. The Morgan fingerprint density at radius 3 is 2.02 bits per heavy atom. The first kappa shape index (κ1) is 34.6. The van der Waals surface area contributed by atoms with Crippen molar-refractivity contribution in [3.8, 4) is 5.75 Å². The van der Waals surface area contributed by atoms with Gasteiger partial charge in [-0.15, -0.1) is 0 Å². The van der Waals surface area contributed by atoms with Gasteiger partial charge in [0.1, 0.15) is 30.8 Å². The minimum absolute atomic E-state index is 0.00226. The molecule has 1 N–H and O–H groups in total. The largest absolute Gasteiger partial charge is 0.489 e. The van der Waals surface area contributed by atoms with Crippen LogP contribution >= 0.6 is 0 Å². The second kappa shape index (κ2) is 16.4. The van der Waals surface area contributed by atoms with Crippen LogP contribution in [0.15, 0.2) is 109 Å². The zero-order chi connectivity index (χ0) is 33.9. The highest BCUT2D eigenvalue weighted by molar-refractivity contribution is 7.92. The summed E-state index contributed by atoms with van der Waals surface area (Å²) in [5, 5.41) is 3.18. The molecule has 4 aromatic rings. The number of nitrogens with one attached hydrogen (secondary N) is 1. The van der Waals surface area contributed by atoms with Gasteiger partial charge < -0.3 is 15.0 Å². The molecule has 10 heteroatoms. The van der Waals surface area contributed by atoms with Crippen molar-refractivity contribution in [2.24, 2.45) is 0 Å². The highest BCUT2D eigenvalue weighted by Gasteiger charge is 2.34. The number of hydrogen-bond donors (Lipinski definition) is 1. The molecule has 2 amide bonds. The van der Waals surface area contributed by atoms with Gasteiger partial charge in [0.2, 0.25) is 21.8 Å². The van der Waals surface area contributed by atoms with E-state index in [1.54, 1.807) is 36.4 Å². The molecule has 0 radical (unpaired) electrons. The van der Waals surface area contributed by atoms with Crippen molar-refractivity contribution < 1.29 is 27.1 Å². The molecule has 48 heavy (non-hydrogen) atoms. The van der Waals surface area contributed by atoms with E-state index >= 15 is 0 Å². The van der Waals surface area contributed by atoms with Crippen LogP contribution < -0.4 is 14.4 Å². The van der Waals surface area contributed by atoms with Crippen LogP contribution in [0.2, 0.25) is 0 Å². The van der Waals surface area contributed by atoms with Gasteiger partial charge in [-0.3, -0.25) is 13.9 Å². The van der Waals surface area contributed by atoms with Crippen molar-refractivity contribution >= 4 is 27.5 Å². The van der Waals surface area contributed by atoms with Crippen LogP contribution in [0.25, 0.3) is 0 Å². The van der Waals surface area contributed by atoms with E-state index in [-0.39, 0.29) is 30.6 Å². The number of carbonyl (C=O) groups excluding carboxylic acids is 2. The molecule has 252 valence electrons. The molecule has 0 aromatic heterocycles. The summed E-state index contributed by atoms with van der Waals surface area (Å²) in [7, 11) is -3.93. The van der Waals surface area contributed by atoms with Gasteiger partial charge in [0.25, 0.3) is 0 Å². The standard InChI is InChI=1S/C38H42FN3O5S/c1-48(45,46)42(34-21-23-35(24-22-34)47-28-31-13-7-3-8-14-31)27-37(43)41(26-30-17-19-32(39)20-18-30)36(25-29-11-5-2-6-12-29)38(44)40-33-15-9-4-10-16-33/h2-3,5-8,11-14,17-24,33,36H,4,9-10,15-16,25-28H2,1H3,(H,40,44)/t36-/m1/s1. The Bertz CT molecular complexity index is 1730.